The summed E-state index contributed by atoms with van der Waals surface area (Å²) in [7, 11) is 0. The zero-order chi connectivity index (χ0) is 15.6. The van der Waals surface area contributed by atoms with E-state index >= 15 is 0 Å². The Labute approximate surface area is 144 Å². The van der Waals surface area contributed by atoms with E-state index in [0.717, 1.165) is 5.56 Å². The van der Waals surface area contributed by atoms with Gasteiger partial charge in [0.05, 0.1) is 16.5 Å². The number of hydrogen-bond donors (Lipinski definition) is 0. The van der Waals surface area contributed by atoms with Crippen molar-refractivity contribution in [3.8, 4) is 5.75 Å². The summed E-state index contributed by atoms with van der Waals surface area (Å²) >= 11 is 16.5. The van der Waals surface area contributed by atoms with Crippen LogP contribution in [0, 0.1) is 13.8 Å². The topological polar surface area (TPSA) is 9.23 Å². The molecule has 2 aromatic rings. The van der Waals surface area contributed by atoms with Crippen molar-refractivity contribution in [1.29, 1.82) is 0 Å². The number of aryl methyl sites for hydroxylation is 2. The standard InChI is InChI=1S/C17H17BrCl2O/c1-4-21-15-9-13(19)12(8-14(15)20)17(18)16-10(2)6-5-7-11(16)3/h5-9,17H,4H2,1-3H3. The van der Waals surface area contributed by atoms with Gasteiger partial charge >= 0.3 is 0 Å². The highest BCUT2D eigenvalue weighted by Crippen LogP contribution is 2.42. The van der Waals surface area contributed by atoms with Crippen LogP contribution < -0.4 is 4.74 Å². The van der Waals surface area contributed by atoms with Gasteiger partial charge in [0.15, 0.2) is 0 Å². The molecule has 0 spiro atoms. The Kier molecular flexibility index (Phi) is 5.59. The molecule has 0 aliphatic heterocycles. The summed E-state index contributed by atoms with van der Waals surface area (Å²) in [6.45, 7) is 6.67. The molecule has 0 aliphatic rings. The average Bonchev–Trinajstić information content (AvgIpc) is 2.42. The van der Waals surface area contributed by atoms with E-state index in [0.29, 0.717) is 22.4 Å². The quantitative estimate of drug-likeness (QED) is 0.544. The molecule has 112 valence electrons. The molecular weight excluding hydrogens is 371 g/mol. The number of rotatable bonds is 4. The molecule has 0 aliphatic carbocycles. The van der Waals surface area contributed by atoms with Crippen molar-refractivity contribution < 1.29 is 4.74 Å². The average molecular weight is 388 g/mol. The van der Waals surface area contributed by atoms with Crippen LogP contribution in [0.2, 0.25) is 10.0 Å². The minimum Gasteiger partial charge on any atom is -0.492 e. The normalized spacial score (nSPS) is 12.3. The van der Waals surface area contributed by atoms with Crippen LogP contribution in [0.15, 0.2) is 30.3 Å². The lowest BCUT2D eigenvalue weighted by atomic mass is 9.96. The van der Waals surface area contributed by atoms with Gasteiger partial charge in [0.2, 0.25) is 0 Å². The fourth-order valence-electron chi connectivity index (χ4n) is 2.39. The van der Waals surface area contributed by atoms with E-state index < -0.39 is 0 Å². The predicted molar refractivity (Wildman–Crippen MR) is 94.3 cm³/mol. The van der Waals surface area contributed by atoms with Crippen LogP contribution >= 0.6 is 39.1 Å². The molecule has 1 unspecified atom stereocenters. The Morgan fingerprint density at radius 1 is 1.10 bits per heavy atom. The van der Waals surface area contributed by atoms with Gasteiger partial charge in [0.25, 0.3) is 0 Å². The number of alkyl halides is 1. The molecule has 0 fully saturated rings. The van der Waals surface area contributed by atoms with Crippen molar-refractivity contribution in [2.24, 2.45) is 0 Å². The van der Waals surface area contributed by atoms with Crippen molar-refractivity contribution in [1.82, 2.24) is 0 Å². The molecule has 0 aromatic heterocycles. The van der Waals surface area contributed by atoms with E-state index in [2.05, 4.69) is 48.0 Å². The molecule has 1 atom stereocenters. The Balaban J connectivity index is 2.49. The third kappa shape index (κ3) is 3.56. The second-order valence-electron chi connectivity index (χ2n) is 4.91. The van der Waals surface area contributed by atoms with E-state index in [-0.39, 0.29) is 4.83 Å². The van der Waals surface area contributed by atoms with Crippen molar-refractivity contribution in [3.63, 3.8) is 0 Å². The van der Waals surface area contributed by atoms with Gasteiger partial charge in [-0.05, 0) is 49.1 Å². The second-order valence-corrected chi connectivity index (χ2v) is 6.64. The van der Waals surface area contributed by atoms with Crippen molar-refractivity contribution in [2.75, 3.05) is 6.61 Å². The SMILES string of the molecule is CCOc1cc(Cl)c(C(Br)c2c(C)cccc2C)cc1Cl. The fourth-order valence-corrected chi connectivity index (χ4v) is 4.11. The van der Waals surface area contributed by atoms with Crippen LogP contribution in [0.3, 0.4) is 0 Å². The molecule has 21 heavy (non-hydrogen) atoms. The van der Waals surface area contributed by atoms with Crippen molar-refractivity contribution >= 4 is 39.1 Å². The van der Waals surface area contributed by atoms with Gasteiger partial charge in [0.1, 0.15) is 5.75 Å². The summed E-state index contributed by atoms with van der Waals surface area (Å²) < 4.78 is 5.47. The third-order valence-electron chi connectivity index (χ3n) is 3.42. The maximum atomic E-state index is 6.42. The first kappa shape index (κ1) is 16.7. The molecule has 0 saturated heterocycles. The molecule has 4 heteroatoms. The molecule has 0 radical (unpaired) electrons. The molecule has 2 rings (SSSR count). The first-order valence-electron chi connectivity index (χ1n) is 6.77. The number of hydrogen-bond acceptors (Lipinski definition) is 1. The van der Waals surface area contributed by atoms with Gasteiger partial charge in [-0.2, -0.15) is 0 Å². The van der Waals surface area contributed by atoms with Gasteiger partial charge in [-0.25, -0.2) is 0 Å². The highest BCUT2D eigenvalue weighted by molar-refractivity contribution is 9.09. The van der Waals surface area contributed by atoms with E-state index in [9.17, 15) is 0 Å². The van der Waals surface area contributed by atoms with E-state index in [1.54, 1.807) is 6.07 Å². The van der Waals surface area contributed by atoms with Gasteiger partial charge in [-0.15, -0.1) is 0 Å². The molecule has 0 heterocycles. The molecule has 2 aromatic carbocycles. The summed E-state index contributed by atoms with van der Waals surface area (Å²) in [5.41, 5.74) is 4.61. The molecule has 0 saturated carbocycles. The summed E-state index contributed by atoms with van der Waals surface area (Å²) in [4.78, 5) is -0.000577. The van der Waals surface area contributed by atoms with E-state index in [1.165, 1.54) is 16.7 Å². The molecule has 0 bridgehead atoms. The summed E-state index contributed by atoms with van der Waals surface area (Å²) in [5, 5.41) is 1.22. The van der Waals surface area contributed by atoms with Crippen molar-refractivity contribution in [3.05, 3.63) is 62.6 Å². The Hall–Kier alpha value is -0.700. The van der Waals surface area contributed by atoms with Gasteiger partial charge in [-0.3, -0.25) is 0 Å². The molecule has 0 amide bonds. The minimum absolute atomic E-state index is 0.000577. The van der Waals surface area contributed by atoms with Crippen LogP contribution in [0.4, 0.5) is 0 Å². The predicted octanol–water partition coefficient (Wildman–Crippen LogP) is 6.49. The van der Waals surface area contributed by atoms with Crippen LogP contribution in [-0.4, -0.2) is 6.61 Å². The summed E-state index contributed by atoms with van der Waals surface area (Å²) in [6.07, 6.45) is 0. The van der Waals surface area contributed by atoms with Crippen LogP contribution in [0.25, 0.3) is 0 Å². The van der Waals surface area contributed by atoms with Crippen LogP contribution in [0.5, 0.6) is 5.75 Å². The van der Waals surface area contributed by atoms with Gasteiger partial charge in [0, 0.05) is 11.1 Å². The lowest BCUT2D eigenvalue weighted by Gasteiger charge is -2.19. The van der Waals surface area contributed by atoms with E-state index in [1.807, 2.05) is 13.0 Å². The summed E-state index contributed by atoms with van der Waals surface area (Å²) in [6, 6.07) is 9.91. The molecule has 1 nitrogen and oxygen atoms in total. The van der Waals surface area contributed by atoms with Crippen molar-refractivity contribution in [2.45, 2.75) is 25.6 Å². The third-order valence-corrected chi connectivity index (χ3v) is 4.99. The maximum Gasteiger partial charge on any atom is 0.139 e. The Morgan fingerprint density at radius 2 is 1.71 bits per heavy atom. The lowest BCUT2D eigenvalue weighted by Crippen LogP contribution is -2.01. The zero-order valence-corrected chi connectivity index (χ0v) is 15.3. The largest absolute Gasteiger partial charge is 0.492 e. The van der Waals surface area contributed by atoms with Crippen LogP contribution in [-0.2, 0) is 0 Å². The number of benzene rings is 2. The monoisotopic (exact) mass is 386 g/mol. The first-order valence-corrected chi connectivity index (χ1v) is 8.44. The lowest BCUT2D eigenvalue weighted by molar-refractivity contribution is 0.340. The first-order chi connectivity index (χ1) is 9.95. The highest BCUT2D eigenvalue weighted by Gasteiger charge is 2.19. The van der Waals surface area contributed by atoms with Crippen LogP contribution in [0.1, 0.15) is 34.0 Å². The smallest absolute Gasteiger partial charge is 0.139 e. The Bertz CT molecular complexity index is 635. The minimum atomic E-state index is -0.000577. The number of ether oxygens (including phenoxy) is 1. The summed E-state index contributed by atoms with van der Waals surface area (Å²) in [5.74, 6) is 0.620. The second kappa shape index (κ2) is 7.04. The zero-order valence-electron chi connectivity index (χ0n) is 12.2. The molecule has 0 N–H and O–H groups in total. The van der Waals surface area contributed by atoms with Gasteiger partial charge in [-0.1, -0.05) is 57.3 Å². The molecular formula is C17H17BrCl2O. The highest BCUT2D eigenvalue weighted by atomic mass is 79.9. The van der Waals surface area contributed by atoms with Gasteiger partial charge < -0.3 is 4.74 Å². The maximum absolute atomic E-state index is 6.42. The van der Waals surface area contributed by atoms with E-state index in [4.69, 9.17) is 27.9 Å². The fraction of sp³-hybridized carbons (Fsp3) is 0.294. The number of halogens is 3. The Morgan fingerprint density at radius 3 is 2.29 bits per heavy atom.